The largest absolute Gasteiger partial charge is 0.396 e. The molecule has 0 aliphatic heterocycles. The number of amides is 1. The molecule has 1 aromatic heterocycles. The maximum Gasteiger partial charge on any atom is 0.271 e. The molecular weight excluding hydrogens is 192 g/mol. The normalized spacial score (nSPS) is 14.6. The maximum absolute atomic E-state index is 11.7. The summed E-state index contributed by atoms with van der Waals surface area (Å²) in [6.07, 6.45) is 2.46. The van der Waals surface area contributed by atoms with Crippen LogP contribution in [0.4, 0.5) is 5.69 Å². The molecule has 0 saturated carbocycles. The minimum Gasteiger partial charge on any atom is -0.396 e. The zero-order valence-corrected chi connectivity index (χ0v) is 9.37. The predicted molar refractivity (Wildman–Crippen MR) is 59.4 cm³/mol. The molecular formula is C10H18N4O. The van der Waals surface area contributed by atoms with Gasteiger partial charge >= 0.3 is 0 Å². The third-order valence-electron chi connectivity index (χ3n) is 2.75. The van der Waals surface area contributed by atoms with E-state index in [0.29, 0.717) is 17.3 Å². The molecule has 1 heterocycles. The molecule has 0 aliphatic rings. The number of carbonyl (C=O) groups excluding carboxylic acids is 1. The number of rotatable bonds is 4. The monoisotopic (exact) mass is 210 g/mol. The van der Waals surface area contributed by atoms with Crippen LogP contribution in [0.25, 0.3) is 0 Å². The highest BCUT2D eigenvalue weighted by Crippen LogP contribution is 2.10. The lowest BCUT2D eigenvalue weighted by Gasteiger charge is -2.19. The first-order valence-corrected chi connectivity index (χ1v) is 5.16. The van der Waals surface area contributed by atoms with E-state index in [9.17, 15) is 4.79 Å². The van der Waals surface area contributed by atoms with Crippen molar-refractivity contribution in [3.8, 4) is 0 Å². The van der Waals surface area contributed by atoms with Gasteiger partial charge in [-0.25, -0.2) is 0 Å². The molecule has 84 valence electrons. The van der Waals surface area contributed by atoms with Gasteiger partial charge in [0.15, 0.2) is 0 Å². The Bertz CT molecular complexity index is 334. The molecule has 0 saturated heterocycles. The number of nitrogens with two attached hydrogens (primary N) is 1. The van der Waals surface area contributed by atoms with Gasteiger partial charge in [-0.2, -0.15) is 5.10 Å². The Balaban J connectivity index is 2.60. The summed E-state index contributed by atoms with van der Waals surface area (Å²) in [5.41, 5.74) is 6.29. The Morgan fingerprint density at radius 1 is 1.67 bits per heavy atom. The van der Waals surface area contributed by atoms with Crippen LogP contribution in [0.1, 0.15) is 37.7 Å². The second-order valence-electron chi connectivity index (χ2n) is 3.85. The van der Waals surface area contributed by atoms with Gasteiger partial charge in [-0.1, -0.05) is 20.3 Å². The Hall–Kier alpha value is -1.52. The number of nitrogen functional groups attached to an aromatic ring is 1. The average molecular weight is 210 g/mol. The van der Waals surface area contributed by atoms with Crippen molar-refractivity contribution >= 4 is 11.6 Å². The molecule has 0 fully saturated rings. The summed E-state index contributed by atoms with van der Waals surface area (Å²) in [6, 6.07) is 0.130. The summed E-state index contributed by atoms with van der Waals surface area (Å²) in [5, 5.41) is 9.17. The van der Waals surface area contributed by atoms with E-state index in [4.69, 9.17) is 5.73 Å². The van der Waals surface area contributed by atoms with Gasteiger partial charge in [-0.3, -0.25) is 9.89 Å². The zero-order valence-electron chi connectivity index (χ0n) is 9.37. The molecule has 1 rings (SSSR count). The average Bonchev–Trinajstić information content (AvgIpc) is 2.63. The van der Waals surface area contributed by atoms with Crippen molar-refractivity contribution in [1.29, 1.82) is 0 Å². The van der Waals surface area contributed by atoms with E-state index in [1.54, 1.807) is 0 Å². The molecule has 0 radical (unpaired) electrons. The number of hydrogen-bond donors (Lipinski definition) is 3. The van der Waals surface area contributed by atoms with Gasteiger partial charge in [-0.05, 0) is 12.8 Å². The number of anilines is 1. The minimum atomic E-state index is -0.196. The fourth-order valence-electron chi connectivity index (χ4n) is 1.25. The van der Waals surface area contributed by atoms with Gasteiger partial charge in [0.25, 0.3) is 5.91 Å². The highest BCUT2D eigenvalue weighted by atomic mass is 16.2. The Labute approximate surface area is 89.4 Å². The molecule has 0 spiro atoms. The van der Waals surface area contributed by atoms with E-state index >= 15 is 0 Å². The molecule has 1 aromatic rings. The van der Waals surface area contributed by atoms with E-state index < -0.39 is 0 Å². The summed E-state index contributed by atoms with van der Waals surface area (Å²) < 4.78 is 0. The Morgan fingerprint density at radius 2 is 2.33 bits per heavy atom. The van der Waals surface area contributed by atoms with Crippen molar-refractivity contribution in [2.45, 2.75) is 33.2 Å². The molecule has 5 heteroatoms. The zero-order chi connectivity index (χ0) is 11.4. The fraction of sp³-hybridized carbons (Fsp3) is 0.600. The molecule has 0 bridgehead atoms. The molecule has 1 amide bonds. The van der Waals surface area contributed by atoms with Gasteiger partial charge in [0.05, 0.1) is 11.9 Å². The van der Waals surface area contributed by atoms with Crippen molar-refractivity contribution in [1.82, 2.24) is 15.5 Å². The van der Waals surface area contributed by atoms with E-state index in [-0.39, 0.29) is 11.9 Å². The SMILES string of the molecule is CCC(C)C(C)NC(=O)c1[nH]ncc1N. The van der Waals surface area contributed by atoms with Crippen molar-refractivity contribution in [3.63, 3.8) is 0 Å². The molecule has 2 atom stereocenters. The van der Waals surface area contributed by atoms with Crippen LogP contribution in [-0.2, 0) is 0 Å². The molecule has 5 nitrogen and oxygen atoms in total. The third-order valence-corrected chi connectivity index (χ3v) is 2.75. The van der Waals surface area contributed by atoms with Gasteiger partial charge in [-0.15, -0.1) is 0 Å². The summed E-state index contributed by atoms with van der Waals surface area (Å²) in [6.45, 7) is 6.18. The number of nitrogens with zero attached hydrogens (tertiary/aromatic N) is 1. The molecule has 4 N–H and O–H groups in total. The van der Waals surface area contributed by atoms with Crippen LogP contribution < -0.4 is 11.1 Å². The van der Waals surface area contributed by atoms with Gasteiger partial charge < -0.3 is 11.1 Å². The number of aromatic nitrogens is 2. The van der Waals surface area contributed by atoms with Crippen molar-refractivity contribution in [2.75, 3.05) is 5.73 Å². The number of hydrogen-bond acceptors (Lipinski definition) is 3. The summed E-state index contributed by atoms with van der Waals surface area (Å²) in [4.78, 5) is 11.7. The van der Waals surface area contributed by atoms with Gasteiger partial charge in [0.1, 0.15) is 5.69 Å². The van der Waals surface area contributed by atoms with Crippen LogP contribution in [0.3, 0.4) is 0 Å². The molecule has 15 heavy (non-hydrogen) atoms. The molecule has 0 aliphatic carbocycles. The number of H-pyrrole nitrogens is 1. The van der Waals surface area contributed by atoms with Crippen LogP contribution in [0.15, 0.2) is 6.20 Å². The highest BCUT2D eigenvalue weighted by molar-refractivity contribution is 5.97. The van der Waals surface area contributed by atoms with Crippen LogP contribution in [-0.4, -0.2) is 22.1 Å². The third kappa shape index (κ3) is 2.71. The van der Waals surface area contributed by atoms with Gasteiger partial charge in [0.2, 0.25) is 0 Å². The number of aromatic amines is 1. The van der Waals surface area contributed by atoms with Crippen molar-refractivity contribution < 1.29 is 4.79 Å². The Morgan fingerprint density at radius 3 is 2.80 bits per heavy atom. The predicted octanol–water partition coefficient (Wildman–Crippen LogP) is 1.16. The lowest BCUT2D eigenvalue weighted by atomic mass is 10.0. The van der Waals surface area contributed by atoms with Gasteiger partial charge in [0, 0.05) is 6.04 Å². The second-order valence-corrected chi connectivity index (χ2v) is 3.85. The standard InChI is InChI=1S/C10H18N4O/c1-4-6(2)7(3)13-10(15)9-8(11)5-12-14-9/h5-7H,4,11H2,1-3H3,(H,12,14)(H,13,15). The molecule has 2 unspecified atom stereocenters. The van der Waals surface area contributed by atoms with E-state index in [1.807, 2.05) is 6.92 Å². The van der Waals surface area contributed by atoms with E-state index in [2.05, 4.69) is 29.4 Å². The summed E-state index contributed by atoms with van der Waals surface area (Å²) in [5.74, 6) is 0.246. The molecule has 0 aromatic carbocycles. The first kappa shape index (κ1) is 11.6. The fourth-order valence-corrected chi connectivity index (χ4v) is 1.25. The lowest BCUT2D eigenvalue weighted by molar-refractivity contribution is 0.0924. The smallest absolute Gasteiger partial charge is 0.271 e. The topological polar surface area (TPSA) is 83.8 Å². The van der Waals surface area contributed by atoms with Crippen LogP contribution in [0, 0.1) is 5.92 Å². The van der Waals surface area contributed by atoms with E-state index in [0.717, 1.165) is 6.42 Å². The minimum absolute atomic E-state index is 0.130. The number of nitrogens with one attached hydrogen (secondary N) is 2. The van der Waals surface area contributed by atoms with Crippen LogP contribution >= 0.6 is 0 Å². The number of carbonyl (C=O) groups is 1. The summed E-state index contributed by atoms with van der Waals surface area (Å²) in [7, 11) is 0. The maximum atomic E-state index is 11.7. The van der Waals surface area contributed by atoms with Crippen molar-refractivity contribution in [2.24, 2.45) is 5.92 Å². The summed E-state index contributed by atoms with van der Waals surface area (Å²) >= 11 is 0. The highest BCUT2D eigenvalue weighted by Gasteiger charge is 2.17. The van der Waals surface area contributed by atoms with E-state index in [1.165, 1.54) is 6.20 Å². The lowest BCUT2D eigenvalue weighted by Crippen LogP contribution is -2.37. The Kier molecular flexibility index (Phi) is 3.71. The first-order chi connectivity index (χ1) is 7.06. The quantitative estimate of drug-likeness (QED) is 0.697. The van der Waals surface area contributed by atoms with Crippen molar-refractivity contribution in [3.05, 3.63) is 11.9 Å². The van der Waals surface area contributed by atoms with Crippen LogP contribution in [0.2, 0.25) is 0 Å². The second kappa shape index (κ2) is 4.82. The first-order valence-electron chi connectivity index (χ1n) is 5.16. The van der Waals surface area contributed by atoms with Crippen LogP contribution in [0.5, 0.6) is 0 Å².